The maximum atomic E-state index is 13.4. The number of rotatable bonds is 7. The van der Waals surface area contributed by atoms with Crippen molar-refractivity contribution in [2.75, 3.05) is 19.6 Å². The van der Waals surface area contributed by atoms with Crippen LogP contribution >= 0.6 is 0 Å². The van der Waals surface area contributed by atoms with E-state index in [1.807, 2.05) is 6.92 Å². The first kappa shape index (κ1) is 15.0. The zero-order chi connectivity index (χ0) is 13.5. The van der Waals surface area contributed by atoms with Crippen molar-refractivity contribution in [2.45, 2.75) is 25.9 Å². The molecule has 0 radical (unpaired) electrons. The molecule has 0 aliphatic carbocycles. The maximum Gasteiger partial charge on any atom is 0.251 e. The van der Waals surface area contributed by atoms with Gasteiger partial charge in [0, 0.05) is 12.1 Å². The highest BCUT2D eigenvalue weighted by molar-refractivity contribution is 5.20. The molecule has 0 fully saturated rings. The number of halogens is 3. The summed E-state index contributed by atoms with van der Waals surface area (Å²) < 4.78 is 38.1. The van der Waals surface area contributed by atoms with Gasteiger partial charge in [0.05, 0.1) is 12.6 Å². The summed E-state index contributed by atoms with van der Waals surface area (Å²) in [6.45, 7) is 1.93. The van der Waals surface area contributed by atoms with Crippen molar-refractivity contribution in [1.29, 1.82) is 0 Å². The van der Waals surface area contributed by atoms with Crippen molar-refractivity contribution in [3.8, 4) is 0 Å². The standard InChI is InChI=1S/C13H18F3NO/c1-2-7-17(9-13(15)16)8-12(18)10-5-3-4-6-11(10)14/h3-6,12-13,18H,2,7-9H2,1H3. The molecule has 2 nitrogen and oxygen atoms in total. The Kier molecular flexibility index (Phi) is 6.15. The van der Waals surface area contributed by atoms with Crippen LogP contribution in [0.3, 0.4) is 0 Å². The molecule has 0 amide bonds. The van der Waals surface area contributed by atoms with E-state index in [1.54, 1.807) is 6.07 Å². The zero-order valence-corrected chi connectivity index (χ0v) is 10.3. The summed E-state index contributed by atoms with van der Waals surface area (Å²) in [4.78, 5) is 1.45. The van der Waals surface area contributed by atoms with Gasteiger partial charge >= 0.3 is 0 Å². The molecule has 0 saturated carbocycles. The van der Waals surface area contributed by atoms with Gasteiger partial charge in [0.2, 0.25) is 0 Å². The normalized spacial score (nSPS) is 13.3. The van der Waals surface area contributed by atoms with Crippen molar-refractivity contribution in [2.24, 2.45) is 0 Å². The maximum absolute atomic E-state index is 13.4. The third-order valence-corrected chi connectivity index (χ3v) is 2.63. The quantitative estimate of drug-likeness (QED) is 0.816. The Labute approximate surface area is 105 Å². The number of hydrogen-bond acceptors (Lipinski definition) is 2. The first-order valence-electron chi connectivity index (χ1n) is 5.97. The zero-order valence-electron chi connectivity index (χ0n) is 10.3. The average molecular weight is 261 g/mol. The number of aliphatic hydroxyl groups excluding tert-OH is 1. The van der Waals surface area contributed by atoms with Gasteiger partial charge in [0.25, 0.3) is 6.43 Å². The number of nitrogens with zero attached hydrogens (tertiary/aromatic N) is 1. The van der Waals surface area contributed by atoms with Crippen LogP contribution in [0.4, 0.5) is 13.2 Å². The van der Waals surface area contributed by atoms with E-state index in [9.17, 15) is 18.3 Å². The second kappa shape index (κ2) is 7.38. The predicted octanol–water partition coefficient (Wildman–Crippen LogP) is 2.84. The number of hydrogen-bond donors (Lipinski definition) is 1. The van der Waals surface area contributed by atoms with E-state index in [1.165, 1.54) is 23.1 Å². The second-order valence-corrected chi connectivity index (χ2v) is 4.19. The lowest BCUT2D eigenvalue weighted by Crippen LogP contribution is -2.33. The van der Waals surface area contributed by atoms with Crippen LogP contribution in [0.2, 0.25) is 0 Å². The van der Waals surface area contributed by atoms with Gasteiger partial charge in [0.15, 0.2) is 0 Å². The number of aliphatic hydroxyl groups is 1. The van der Waals surface area contributed by atoms with E-state index in [-0.39, 0.29) is 12.1 Å². The minimum Gasteiger partial charge on any atom is -0.387 e. The van der Waals surface area contributed by atoms with Crippen molar-refractivity contribution < 1.29 is 18.3 Å². The fraction of sp³-hybridized carbons (Fsp3) is 0.538. The van der Waals surface area contributed by atoms with Gasteiger partial charge in [-0.1, -0.05) is 25.1 Å². The molecule has 18 heavy (non-hydrogen) atoms. The molecule has 102 valence electrons. The monoisotopic (exact) mass is 261 g/mol. The first-order chi connectivity index (χ1) is 8.54. The van der Waals surface area contributed by atoms with Crippen LogP contribution in [0.25, 0.3) is 0 Å². The third kappa shape index (κ3) is 4.66. The van der Waals surface area contributed by atoms with Crippen LogP contribution in [0.15, 0.2) is 24.3 Å². The highest BCUT2D eigenvalue weighted by Crippen LogP contribution is 2.18. The molecule has 0 saturated heterocycles. The third-order valence-electron chi connectivity index (χ3n) is 2.63. The summed E-state index contributed by atoms with van der Waals surface area (Å²) in [5.74, 6) is -0.515. The molecule has 0 aliphatic heterocycles. The van der Waals surface area contributed by atoms with Crippen LogP contribution in [0.5, 0.6) is 0 Å². The Hall–Kier alpha value is -1.07. The molecule has 1 rings (SSSR count). The van der Waals surface area contributed by atoms with Crippen LogP contribution in [0.1, 0.15) is 25.0 Å². The molecule has 1 N–H and O–H groups in total. The highest BCUT2D eigenvalue weighted by atomic mass is 19.3. The largest absolute Gasteiger partial charge is 0.387 e. The Morgan fingerprint density at radius 2 is 1.89 bits per heavy atom. The van der Waals surface area contributed by atoms with Gasteiger partial charge in [-0.2, -0.15) is 0 Å². The van der Waals surface area contributed by atoms with Crippen molar-refractivity contribution in [3.05, 3.63) is 35.6 Å². The van der Waals surface area contributed by atoms with Gasteiger partial charge < -0.3 is 5.11 Å². The van der Waals surface area contributed by atoms with Crippen LogP contribution in [0, 0.1) is 5.82 Å². The lowest BCUT2D eigenvalue weighted by atomic mass is 10.1. The average Bonchev–Trinajstić information content (AvgIpc) is 2.28. The minimum atomic E-state index is -2.45. The van der Waals surface area contributed by atoms with Crippen LogP contribution in [-0.2, 0) is 0 Å². The lowest BCUT2D eigenvalue weighted by molar-refractivity contribution is 0.0536. The summed E-state index contributed by atoms with van der Waals surface area (Å²) in [6, 6.07) is 5.84. The van der Waals surface area contributed by atoms with Crippen molar-refractivity contribution in [3.63, 3.8) is 0 Å². The van der Waals surface area contributed by atoms with Crippen LogP contribution in [-0.4, -0.2) is 36.1 Å². The summed E-state index contributed by atoms with van der Waals surface area (Å²) in [5.41, 5.74) is 0.146. The highest BCUT2D eigenvalue weighted by Gasteiger charge is 2.18. The molecule has 1 unspecified atom stereocenters. The SMILES string of the molecule is CCCN(CC(F)F)CC(O)c1ccccc1F. The first-order valence-corrected chi connectivity index (χ1v) is 5.97. The van der Waals surface area contributed by atoms with E-state index >= 15 is 0 Å². The Bertz CT molecular complexity index is 360. The Balaban J connectivity index is 2.66. The fourth-order valence-corrected chi connectivity index (χ4v) is 1.86. The van der Waals surface area contributed by atoms with Gasteiger partial charge in [-0.3, -0.25) is 4.90 Å². The molecule has 0 spiro atoms. The predicted molar refractivity (Wildman–Crippen MR) is 64.1 cm³/mol. The summed E-state index contributed by atoms with van der Waals surface area (Å²) in [7, 11) is 0. The minimum absolute atomic E-state index is 0.0130. The summed E-state index contributed by atoms with van der Waals surface area (Å²) in [6.07, 6.45) is -2.84. The van der Waals surface area contributed by atoms with Crippen LogP contribution < -0.4 is 0 Å². The number of alkyl halides is 2. The van der Waals surface area contributed by atoms with E-state index in [2.05, 4.69) is 0 Å². The molecular weight excluding hydrogens is 243 g/mol. The van der Waals surface area contributed by atoms with E-state index in [0.717, 1.165) is 0 Å². The molecule has 0 heterocycles. The molecule has 1 atom stereocenters. The lowest BCUT2D eigenvalue weighted by Gasteiger charge is -2.24. The molecule has 5 heteroatoms. The van der Waals surface area contributed by atoms with Gasteiger partial charge in [-0.25, -0.2) is 13.2 Å². The molecule has 0 bridgehead atoms. The molecule has 0 aliphatic rings. The smallest absolute Gasteiger partial charge is 0.251 e. The molecule has 1 aromatic carbocycles. The second-order valence-electron chi connectivity index (χ2n) is 4.19. The van der Waals surface area contributed by atoms with E-state index in [0.29, 0.717) is 13.0 Å². The summed E-state index contributed by atoms with van der Waals surface area (Å²) >= 11 is 0. The number of benzene rings is 1. The van der Waals surface area contributed by atoms with Gasteiger partial charge in [-0.05, 0) is 19.0 Å². The van der Waals surface area contributed by atoms with Gasteiger partial charge in [0.1, 0.15) is 5.82 Å². The molecular formula is C13H18F3NO. The van der Waals surface area contributed by atoms with Gasteiger partial charge in [-0.15, -0.1) is 0 Å². The van der Waals surface area contributed by atoms with E-state index < -0.39 is 24.9 Å². The Morgan fingerprint density at radius 1 is 1.22 bits per heavy atom. The van der Waals surface area contributed by atoms with Crippen molar-refractivity contribution >= 4 is 0 Å². The molecule has 1 aromatic rings. The van der Waals surface area contributed by atoms with E-state index in [4.69, 9.17) is 0 Å². The van der Waals surface area contributed by atoms with Crippen molar-refractivity contribution in [1.82, 2.24) is 4.90 Å². The fourth-order valence-electron chi connectivity index (χ4n) is 1.86. The molecule has 0 aromatic heterocycles. The Morgan fingerprint density at radius 3 is 2.44 bits per heavy atom. The topological polar surface area (TPSA) is 23.5 Å². The summed E-state index contributed by atoms with van der Waals surface area (Å²) in [5, 5.41) is 9.88.